The topological polar surface area (TPSA) is 67.7 Å². The van der Waals surface area contributed by atoms with Crippen LogP contribution in [-0.2, 0) is 19.6 Å². The average molecular weight is 557 g/mol. The molecule has 0 atom stereocenters. The van der Waals surface area contributed by atoms with Crippen molar-refractivity contribution >= 4 is 17.5 Å². The predicted octanol–water partition coefficient (Wildman–Crippen LogP) is 6.35. The summed E-state index contributed by atoms with van der Waals surface area (Å²) in [5.74, 6) is 0.627. The van der Waals surface area contributed by atoms with Gasteiger partial charge in [-0.1, -0.05) is 42.5 Å². The van der Waals surface area contributed by atoms with Crippen LogP contribution in [0, 0.1) is 6.92 Å². The smallest absolute Gasteiger partial charge is 0.270 e. The molecule has 210 valence electrons. The molecular formula is C35H32N4O3. The number of hydrogen-bond acceptors (Lipinski definition) is 4. The number of carbonyl (C=O) groups is 2. The lowest BCUT2D eigenvalue weighted by Gasteiger charge is -2.23. The normalized spacial score (nSPS) is 12.2. The van der Waals surface area contributed by atoms with E-state index in [0.717, 1.165) is 44.9 Å². The van der Waals surface area contributed by atoms with Crippen LogP contribution >= 0.6 is 0 Å². The molecule has 0 N–H and O–H groups in total. The number of amides is 2. The van der Waals surface area contributed by atoms with Gasteiger partial charge in [-0.25, -0.2) is 0 Å². The van der Waals surface area contributed by atoms with Gasteiger partial charge in [0.2, 0.25) is 0 Å². The first-order valence-electron chi connectivity index (χ1n) is 13.9. The first-order chi connectivity index (χ1) is 20.4. The molecule has 0 bridgehead atoms. The molecule has 0 unspecified atom stereocenters. The minimum atomic E-state index is -0.0843. The van der Waals surface area contributed by atoms with E-state index in [-0.39, 0.29) is 11.8 Å². The first kappa shape index (κ1) is 27.0. The van der Waals surface area contributed by atoms with Gasteiger partial charge in [-0.3, -0.25) is 14.6 Å². The fourth-order valence-corrected chi connectivity index (χ4v) is 5.63. The van der Waals surface area contributed by atoms with Gasteiger partial charge in [0.05, 0.1) is 20.2 Å². The highest BCUT2D eigenvalue weighted by molar-refractivity contribution is 6.07. The number of fused-ring (bicyclic) bond motifs is 2. The van der Waals surface area contributed by atoms with Crippen LogP contribution in [0.5, 0.6) is 5.75 Å². The van der Waals surface area contributed by atoms with Crippen molar-refractivity contribution in [1.29, 1.82) is 0 Å². The Hall–Kier alpha value is -5.17. The number of pyridine rings is 1. The van der Waals surface area contributed by atoms with Crippen molar-refractivity contribution in [3.05, 3.63) is 137 Å². The molecule has 5 aromatic rings. The Balaban J connectivity index is 1.31. The van der Waals surface area contributed by atoms with Crippen molar-refractivity contribution in [3.8, 4) is 16.9 Å². The van der Waals surface area contributed by atoms with Gasteiger partial charge < -0.3 is 19.1 Å². The van der Waals surface area contributed by atoms with Crippen LogP contribution in [0.25, 0.3) is 11.1 Å². The number of methoxy groups -OCH3 is 1. The molecule has 0 fully saturated rings. The van der Waals surface area contributed by atoms with Crippen molar-refractivity contribution in [2.24, 2.45) is 0 Å². The van der Waals surface area contributed by atoms with E-state index >= 15 is 0 Å². The highest BCUT2D eigenvalue weighted by Gasteiger charge is 2.28. The molecule has 7 nitrogen and oxygen atoms in total. The Labute approximate surface area is 245 Å². The number of rotatable bonds is 6. The zero-order chi connectivity index (χ0) is 29.2. The van der Waals surface area contributed by atoms with Crippen LogP contribution in [0.4, 0.5) is 5.69 Å². The third-order valence-electron chi connectivity index (χ3n) is 7.81. The number of aryl methyl sites for hydroxylation is 1. The minimum Gasteiger partial charge on any atom is -0.497 e. The molecule has 0 aliphatic carbocycles. The van der Waals surface area contributed by atoms with Gasteiger partial charge >= 0.3 is 0 Å². The average Bonchev–Trinajstić information content (AvgIpc) is 3.33. The summed E-state index contributed by atoms with van der Waals surface area (Å²) in [6.45, 7) is 3.33. The summed E-state index contributed by atoms with van der Waals surface area (Å²) < 4.78 is 7.43. The second-order valence-corrected chi connectivity index (χ2v) is 10.6. The molecule has 2 amide bonds. The van der Waals surface area contributed by atoms with Crippen LogP contribution in [0.3, 0.4) is 0 Å². The van der Waals surface area contributed by atoms with E-state index < -0.39 is 0 Å². The number of hydrogen-bond donors (Lipinski definition) is 0. The molecule has 3 aromatic carbocycles. The van der Waals surface area contributed by atoms with Crippen molar-refractivity contribution in [1.82, 2.24) is 14.5 Å². The maximum atomic E-state index is 14.1. The largest absolute Gasteiger partial charge is 0.497 e. The monoisotopic (exact) mass is 556 g/mol. The summed E-state index contributed by atoms with van der Waals surface area (Å²) >= 11 is 0. The van der Waals surface area contributed by atoms with Crippen molar-refractivity contribution in [3.63, 3.8) is 0 Å². The van der Waals surface area contributed by atoms with Gasteiger partial charge in [-0.05, 0) is 83.3 Å². The van der Waals surface area contributed by atoms with Gasteiger partial charge in [-0.2, -0.15) is 0 Å². The van der Waals surface area contributed by atoms with E-state index in [1.807, 2.05) is 107 Å². The number of aromatic nitrogens is 2. The maximum Gasteiger partial charge on any atom is 0.270 e. The Bertz CT molecular complexity index is 1780. The number of ether oxygens (including phenoxy) is 1. The Morgan fingerprint density at radius 2 is 1.79 bits per heavy atom. The van der Waals surface area contributed by atoms with E-state index in [1.165, 1.54) is 0 Å². The molecule has 2 aromatic heterocycles. The van der Waals surface area contributed by atoms with E-state index in [9.17, 15) is 9.59 Å². The third kappa shape index (κ3) is 5.17. The fourth-order valence-electron chi connectivity index (χ4n) is 5.63. The van der Waals surface area contributed by atoms with Gasteiger partial charge in [0.15, 0.2) is 0 Å². The molecule has 6 rings (SSSR count). The second kappa shape index (κ2) is 11.4. The lowest BCUT2D eigenvalue weighted by atomic mass is 9.97. The number of nitrogens with zero attached hydrogens (tertiary/aromatic N) is 4. The quantitative estimate of drug-likeness (QED) is 0.245. The number of carbonyl (C=O) groups excluding carboxylic acids is 2. The number of para-hydroxylation sites is 1. The summed E-state index contributed by atoms with van der Waals surface area (Å²) in [7, 11) is 3.45. The molecule has 1 aliphatic rings. The zero-order valence-corrected chi connectivity index (χ0v) is 23.9. The summed E-state index contributed by atoms with van der Waals surface area (Å²) in [5.41, 5.74) is 8.00. The zero-order valence-electron chi connectivity index (χ0n) is 23.9. The highest BCUT2D eigenvalue weighted by Crippen LogP contribution is 2.32. The molecular weight excluding hydrogens is 524 g/mol. The van der Waals surface area contributed by atoms with Gasteiger partial charge in [0, 0.05) is 42.9 Å². The Kier molecular flexibility index (Phi) is 7.32. The summed E-state index contributed by atoms with van der Waals surface area (Å²) in [6.07, 6.45) is 3.49. The molecule has 42 heavy (non-hydrogen) atoms. The minimum absolute atomic E-state index is 0.0777. The van der Waals surface area contributed by atoms with Crippen molar-refractivity contribution in [2.45, 2.75) is 26.6 Å². The van der Waals surface area contributed by atoms with E-state index in [0.29, 0.717) is 30.9 Å². The molecule has 0 spiro atoms. The maximum absolute atomic E-state index is 14.1. The van der Waals surface area contributed by atoms with E-state index in [1.54, 1.807) is 31.5 Å². The molecule has 0 saturated carbocycles. The number of anilines is 1. The summed E-state index contributed by atoms with van der Waals surface area (Å²) in [4.78, 5) is 35.3. The molecule has 1 aliphatic heterocycles. The SMILES string of the molecule is COc1cccc(-c2ccc(C(=O)N3Cc4ccc(C(=O)N(C)Cc5cccnc5)n4Cc4ccccc43)cc2C)c1. The van der Waals surface area contributed by atoms with Crippen LogP contribution in [0.1, 0.15) is 43.2 Å². The van der Waals surface area contributed by atoms with Crippen molar-refractivity contribution < 1.29 is 14.3 Å². The van der Waals surface area contributed by atoms with Crippen LogP contribution in [-0.4, -0.2) is 40.4 Å². The highest BCUT2D eigenvalue weighted by atomic mass is 16.5. The second-order valence-electron chi connectivity index (χ2n) is 10.6. The van der Waals surface area contributed by atoms with E-state index in [2.05, 4.69) is 4.98 Å². The van der Waals surface area contributed by atoms with Crippen LogP contribution < -0.4 is 9.64 Å². The number of benzene rings is 3. The molecule has 0 saturated heterocycles. The standard InChI is InChI=1S/C35H32N4O3/c1-24-18-27(13-15-31(24)26-10-6-11-30(19-26)42-3)34(40)39-23-29-14-16-33(38(29)22-28-9-4-5-12-32(28)39)35(41)37(2)21-25-8-7-17-36-20-25/h4-20H,21-23H2,1-3H3. The first-order valence-corrected chi connectivity index (χ1v) is 13.9. The van der Waals surface area contributed by atoms with Crippen molar-refractivity contribution in [2.75, 3.05) is 19.1 Å². The van der Waals surface area contributed by atoms with Gasteiger partial charge in [0.25, 0.3) is 11.8 Å². The fraction of sp³-hybridized carbons (Fsp3) is 0.171. The Morgan fingerprint density at radius 1 is 0.929 bits per heavy atom. The third-order valence-corrected chi connectivity index (χ3v) is 7.81. The molecule has 3 heterocycles. The Morgan fingerprint density at radius 3 is 2.57 bits per heavy atom. The van der Waals surface area contributed by atoms with Crippen LogP contribution in [0.2, 0.25) is 0 Å². The van der Waals surface area contributed by atoms with Crippen LogP contribution in [0.15, 0.2) is 103 Å². The lowest BCUT2D eigenvalue weighted by molar-refractivity contribution is 0.0774. The van der Waals surface area contributed by atoms with E-state index in [4.69, 9.17) is 4.74 Å². The van der Waals surface area contributed by atoms with Gasteiger partial charge in [-0.15, -0.1) is 0 Å². The van der Waals surface area contributed by atoms with Gasteiger partial charge in [0.1, 0.15) is 11.4 Å². The summed E-state index contributed by atoms with van der Waals surface area (Å²) in [5, 5.41) is 0. The predicted molar refractivity (Wildman–Crippen MR) is 164 cm³/mol. The summed E-state index contributed by atoms with van der Waals surface area (Å²) in [6, 6.07) is 29.3. The lowest BCUT2D eigenvalue weighted by Crippen LogP contribution is -2.31. The molecule has 0 radical (unpaired) electrons. The molecule has 7 heteroatoms.